The van der Waals surface area contributed by atoms with E-state index in [4.69, 9.17) is 22.7 Å². The molecule has 1 aromatic heterocycles. The predicted octanol–water partition coefficient (Wildman–Crippen LogP) is 1.58. The third kappa shape index (κ3) is 3.40. The second kappa shape index (κ2) is 6.11. The van der Waals surface area contributed by atoms with Gasteiger partial charge in [-0.3, -0.25) is 4.98 Å². The van der Waals surface area contributed by atoms with Gasteiger partial charge in [-0.1, -0.05) is 18.6 Å². The van der Waals surface area contributed by atoms with Crippen LogP contribution in [0.4, 0.5) is 0 Å². The van der Waals surface area contributed by atoms with Crippen LogP contribution < -0.4 is 10.5 Å². The van der Waals surface area contributed by atoms with Gasteiger partial charge in [0.15, 0.2) is 0 Å². The molecule has 1 saturated heterocycles. The predicted molar refractivity (Wildman–Crippen MR) is 75.9 cm³/mol. The van der Waals surface area contributed by atoms with Crippen molar-refractivity contribution in [2.24, 2.45) is 5.73 Å². The molecule has 2 N–H and O–H groups in total. The summed E-state index contributed by atoms with van der Waals surface area (Å²) < 4.78 is 5.81. The zero-order valence-corrected chi connectivity index (χ0v) is 11.4. The number of nitrogens with zero attached hydrogens (tertiary/aromatic N) is 2. The summed E-state index contributed by atoms with van der Waals surface area (Å²) in [5.41, 5.74) is 6.16. The number of rotatable bonds is 4. The van der Waals surface area contributed by atoms with E-state index in [2.05, 4.69) is 16.9 Å². The van der Waals surface area contributed by atoms with E-state index >= 15 is 0 Å². The van der Waals surface area contributed by atoms with Crippen molar-refractivity contribution in [2.45, 2.75) is 25.3 Å². The lowest BCUT2D eigenvalue weighted by atomic mass is 10.0. The number of aromatic nitrogens is 1. The highest BCUT2D eigenvalue weighted by Crippen LogP contribution is 2.17. The molecule has 1 unspecified atom stereocenters. The Morgan fingerprint density at radius 2 is 2.44 bits per heavy atom. The molecule has 1 aliphatic heterocycles. The minimum Gasteiger partial charge on any atom is -0.492 e. The van der Waals surface area contributed by atoms with Crippen LogP contribution in [0.3, 0.4) is 0 Å². The zero-order valence-electron chi connectivity index (χ0n) is 10.6. The smallest absolute Gasteiger partial charge is 0.123 e. The number of likely N-dealkylation sites (N-methyl/N-ethyl adjacent to an activating group) is 1. The molecule has 1 aliphatic rings. The summed E-state index contributed by atoms with van der Waals surface area (Å²) >= 11 is 4.90. The monoisotopic (exact) mass is 265 g/mol. The van der Waals surface area contributed by atoms with Crippen molar-refractivity contribution in [2.75, 3.05) is 20.2 Å². The molecule has 2 rings (SSSR count). The summed E-state index contributed by atoms with van der Waals surface area (Å²) in [6.07, 6.45) is 5.44. The first kappa shape index (κ1) is 13.2. The van der Waals surface area contributed by atoms with E-state index in [0.29, 0.717) is 23.3 Å². The summed E-state index contributed by atoms with van der Waals surface area (Å²) in [4.78, 5) is 6.75. The molecule has 1 fully saturated rings. The van der Waals surface area contributed by atoms with E-state index < -0.39 is 0 Å². The summed E-state index contributed by atoms with van der Waals surface area (Å²) in [7, 11) is 2.15. The van der Waals surface area contributed by atoms with E-state index in [0.717, 1.165) is 12.3 Å². The van der Waals surface area contributed by atoms with Gasteiger partial charge >= 0.3 is 0 Å². The van der Waals surface area contributed by atoms with E-state index in [1.54, 1.807) is 12.3 Å². The summed E-state index contributed by atoms with van der Waals surface area (Å²) in [6.45, 7) is 1.86. The normalized spacial score (nSPS) is 20.6. The molecule has 5 heteroatoms. The Bertz CT molecular complexity index is 424. The second-order valence-electron chi connectivity index (χ2n) is 4.68. The van der Waals surface area contributed by atoms with Gasteiger partial charge in [0, 0.05) is 18.3 Å². The van der Waals surface area contributed by atoms with Crippen molar-refractivity contribution in [1.29, 1.82) is 0 Å². The number of nitrogens with two attached hydrogens (primary N) is 1. The molecule has 0 spiro atoms. The number of hydrogen-bond acceptors (Lipinski definition) is 4. The average molecular weight is 265 g/mol. The van der Waals surface area contributed by atoms with Crippen LogP contribution in [-0.2, 0) is 0 Å². The average Bonchev–Trinajstić information content (AvgIpc) is 2.38. The molecule has 0 amide bonds. The van der Waals surface area contributed by atoms with Crippen LogP contribution in [0, 0.1) is 0 Å². The van der Waals surface area contributed by atoms with Crippen LogP contribution in [0.25, 0.3) is 0 Å². The maximum absolute atomic E-state index is 5.81. The maximum Gasteiger partial charge on any atom is 0.123 e. The fourth-order valence-corrected chi connectivity index (χ4v) is 2.29. The number of hydrogen-bond donors (Lipinski definition) is 1. The fourth-order valence-electron chi connectivity index (χ4n) is 2.18. The molecule has 98 valence electrons. The van der Waals surface area contributed by atoms with Gasteiger partial charge in [-0.2, -0.15) is 0 Å². The Kier molecular flexibility index (Phi) is 4.49. The molecular weight excluding hydrogens is 246 g/mol. The molecule has 0 saturated carbocycles. The minimum absolute atomic E-state index is 0.301. The third-order valence-corrected chi connectivity index (χ3v) is 3.56. The summed E-state index contributed by atoms with van der Waals surface area (Å²) in [6, 6.07) is 4.13. The Morgan fingerprint density at radius 3 is 3.17 bits per heavy atom. The molecule has 0 radical (unpaired) electrons. The van der Waals surface area contributed by atoms with E-state index in [1.807, 2.05) is 6.07 Å². The van der Waals surface area contributed by atoms with Crippen molar-refractivity contribution < 1.29 is 4.74 Å². The van der Waals surface area contributed by atoms with Gasteiger partial charge in [0.2, 0.25) is 0 Å². The topological polar surface area (TPSA) is 51.4 Å². The Hall–Kier alpha value is -1.20. The van der Waals surface area contributed by atoms with Crippen molar-refractivity contribution in [1.82, 2.24) is 9.88 Å². The van der Waals surface area contributed by atoms with Crippen LogP contribution >= 0.6 is 12.2 Å². The van der Waals surface area contributed by atoms with E-state index in [1.165, 1.54) is 19.3 Å². The number of thiocarbonyl (C=S) groups is 1. The van der Waals surface area contributed by atoms with Crippen molar-refractivity contribution in [3.8, 4) is 5.75 Å². The first-order chi connectivity index (χ1) is 8.66. The Labute approximate surface area is 113 Å². The van der Waals surface area contributed by atoms with E-state index in [-0.39, 0.29) is 0 Å². The van der Waals surface area contributed by atoms with Gasteiger partial charge in [0.25, 0.3) is 0 Å². The quantitative estimate of drug-likeness (QED) is 0.838. The maximum atomic E-state index is 5.81. The highest BCUT2D eigenvalue weighted by Gasteiger charge is 2.19. The van der Waals surface area contributed by atoms with Crippen molar-refractivity contribution in [3.05, 3.63) is 24.0 Å². The lowest BCUT2D eigenvalue weighted by Crippen LogP contribution is -2.40. The summed E-state index contributed by atoms with van der Waals surface area (Å²) in [5.74, 6) is 0.784. The molecule has 0 aromatic carbocycles. The Morgan fingerprint density at radius 1 is 1.61 bits per heavy atom. The van der Waals surface area contributed by atoms with Gasteiger partial charge < -0.3 is 15.4 Å². The van der Waals surface area contributed by atoms with Gasteiger partial charge in [-0.05, 0) is 32.5 Å². The van der Waals surface area contributed by atoms with Gasteiger partial charge in [0.05, 0.1) is 0 Å². The molecule has 18 heavy (non-hydrogen) atoms. The van der Waals surface area contributed by atoms with Crippen molar-refractivity contribution >= 4 is 17.2 Å². The second-order valence-corrected chi connectivity index (χ2v) is 5.12. The van der Waals surface area contributed by atoms with Crippen LogP contribution in [-0.4, -0.2) is 41.1 Å². The van der Waals surface area contributed by atoms with E-state index in [9.17, 15) is 0 Å². The Balaban J connectivity index is 1.93. The summed E-state index contributed by atoms with van der Waals surface area (Å²) in [5, 5.41) is 0. The first-order valence-electron chi connectivity index (χ1n) is 6.25. The van der Waals surface area contributed by atoms with Gasteiger partial charge in [-0.25, -0.2) is 0 Å². The molecule has 1 aromatic rings. The number of ether oxygens (including phenoxy) is 1. The fraction of sp³-hybridized carbons (Fsp3) is 0.538. The molecular formula is C13H19N3OS. The highest BCUT2D eigenvalue weighted by atomic mass is 32.1. The SMILES string of the molecule is CN1CCCCC1COc1ccnc(C(N)=S)c1. The lowest BCUT2D eigenvalue weighted by molar-refractivity contribution is 0.125. The van der Waals surface area contributed by atoms with Gasteiger partial charge in [0.1, 0.15) is 23.0 Å². The molecule has 4 nitrogen and oxygen atoms in total. The van der Waals surface area contributed by atoms with Crippen LogP contribution in [0.2, 0.25) is 0 Å². The number of likely N-dealkylation sites (tertiary alicyclic amines) is 1. The highest BCUT2D eigenvalue weighted by molar-refractivity contribution is 7.80. The van der Waals surface area contributed by atoms with Crippen LogP contribution in [0.1, 0.15) is 25.0 Å². The minimum atomic E-state index is 0.301. The first-order valence-corrected chi connectivity index (χ1v) is 6.66. The molecule has 1 atom stereocenters. The zero-order chi connectivity index (χ0) is 13.0. The van der Waals surface area contributed by atoms with Crippen molar-refractivity contribution in [3.63, 3.8) is 0 Å². The number of pyridine rings is 1. The molecule has 0 aliphatic carbocycles. The molecule has 0 bridgehead atoms. The lowest BCUT2D eigenvalue weighted by Gasteiger charge is -2.32. The largest absolute Gasteiger partial charge is 0.492 e. The standard InChI is InChI=1S/C13H19N3OS/c1-16-7-3-2-4-10(16)9-17-11-5-6-15-12(8-11)13(14)18/h5-6,8,10H,2-4,7,9H2,1H3,(H2,14,18). The molecule has 2 heterocycles. The third-order valence-electron chi connectivity index (χ3n) is 3.35. The van der Waals surface area contributed by atoms with Crippen LogP contribution in [0.15, 0.2) is 18.3 Å². The van der Waals surface area contributed by atoms with Crippen LogP contribution in [0.5, 0.6) is 5.75 Å². The van der Waals surface area contributed by atoms with Gasteiger partial charge in [-0.15, -0.1) is 0 Å². The number of piperidine rings is 1.